The number of nitrogens with one attached hydrogen (secondary N) is 1. The molecular formula is C23H24FN3O7S. The van der Waals surface area contributed by atoms with Crippen molar-refractivity contribution in [2.75, 3.05) is 38.5 Å². The molecule has 1 amide bonds. The maximum absolute atomic E-state index is 15.6. The van der Waals surface area contributed by atoms with Crippen LogP contribution in [-0.2, 0) is 9.47 Å². The highest BCUT2D eigenvalue weighted by Crippen LogP contribution is 2.35. The van der Waals surface area contributed by atoms with E-state index < -0.39 is 24.1 Å². The van der Waals surface area contributed by atoms with E-state index in [1.54, 1.807) is 37.4 Å². The fourth-order valence-corrected chi connectivity index (χ4v) is 3.45. The van der Waals surface area contributed by atoms with E-state index in [0.717, 1.165) is 11.8 Å². The van der Waals surface area contributed by atoms with Crippen molar-refractivity contribution < 1.29 is 38.0 Å². The smallest absolute Gasteiger partial charge is 0.497 e. The SMILES string of the molecule is CCOC(=O)N=C(SC)C(Nc1ccc(C#N)cc1)c1cc(OC)cc(OCCOC(=O)O)c1F. The lowest BCUT2D eigenvalue weighted by Crippen LogP contribution is -2.22. The van der Waals surface area contributed by atoms with Crippen LogP contribution in [0.15, 0.2) is 41.4 Å². The van der Waals surface area contributed by atoms with Crippen LogP contribution in [0.25, 0.3) is 0 Å². The molecule has 0 aromatic heterocycles. The van der Waals surface area contributed by atoms with Gasteiger partial charge in [-0.3, -0.25) is 0 Å². The van der Waals surface area contributed by atoms with Crippen LogP contribution in [0.5, 0.6) is 11.5 Å². The minimum atomic E-state index is -1.48. The van der Waals surface area contributed by atoms with Crippen molar-refractivity contribution in [3.63, 3.8) is 0 Å². The van der Waals surface area contributed by atoms with Gasteiger partial charge in [-0.15, -0.1) is 11.8 Å². The van der Waals surface area contributed by atoms with Gasteiger partial charge < -0.3 is 29.4 Å². The highest BCUT2D eigenvalue weighted by molar-refractivity contribution is 8.13. The molecule has 0 saturated heterocycles. The summed E-state index contributed by atoms with van der Waals surface area (Å²) >= 11 is 1.11. The van der Waals surface area contributed by atoms with E-state index >= 15 is 4.39 Å². The molecule has 0 spiro atoms. The third-order valence-electron chi connectivity index (χ3n) is 4.40. The molecule has 2 aromatic rings. The first-order valence-electron chi connectivity index (χ1n) is 10.2. The van der Waals surface area contributed by atoms with E-state index in [-0.39, 0.29) is 41.9 Å². The van der Waals surface area contributed by atoms with Crippen molar-refractivity contribution >= 4 is 34.7 Å². The second-order valence-corrected chi connectivity index (χ2v) is 7.44. The molecule has 2 aromatic carbocycles. The average molecular weight is 506 g/mol. The zero-order valence-electron chi connectivity index (χ0n) is 19.2. The summed E-state index contributed by atoms with van der Waals surface area (Å²) in [7, 11) is 1.39. The van der Waals surface area contributed by atoms with Gasteiger partial charge >= 0.3 is 12.2 Å². The minimum Gasteiger partial charge on any atom is -0.497 e. The third-order valence-corrected chi connectivity index (χ3v) is 5.15. The molecule has 0 saturated carbocycles. The number of anilines is 1. The van der Waals surface area contributed by atoms with Crippen LogP contribution in [0.3, 0.4) is 0 Å². The van der Waals surface area contributed by atoms with E-state index in [2.05, 4.69) is 15.0 Å². The molecule has 12 heteroatoms. The fraction of sp³-hybridized carbons (Fsp3) is 0.304. The van der Waals surface area contributed by atoms with Crippen LogP contribution in [-0.4, -0.2) is 55.6 Å². The number of benzene rings is 2. The summed E-state index contributed by atoms with van der Waals surface area (Å²) in [5.74, 6) is -0.742. The number of thioether (sulfide) groups is 1. The highest BCUT2D eigenvalue weighted by atomic mass is 32.2. The molecule has 1 unspecified atom stereocenters. The van der Waals surface area contributed by atoms with Gasteiger partial charge in [-0.25, -0.2) is 14.0 Å². The van der Waals surface area contributed by atoms with Gasteiger partial charge in [0.15, 0.2) is 11.6 Å². The molecule has 2 N–H and O–H groups in total. The summed E-state index contributed by atoms with van der Waals surface area (Å²) in [5, 5.41) is 20.9. The second kappa shape index (κ2) is 13.7. The molecular weight excluding hydrogens is 481 g/mol. The van der Waals surface area contributed by atoms with E-state index in [0.29, 0.717) is 11.3 Å². The number of rotatable bonds is 10. The summed E-state index contributed by atoms with van der Waals surface area (Å²) in [6.45, 7) is 1.20. The Labute approximate surface area is 205 Å². The zero-order valence-corrected chi connectivity index (χ0v) is 20.1. The minimum absolute atomic E-state index is 0.0419. The molecule has 186 valence electrons. The molecule has 0 heterocycles. The van der Waals surface area contributed by atoms with Crippen LogP contribution in [0, 0.1) is 17.1 Å². The number of amides is 1. The van der Waals surface area contributed by atoms with Crippen molar-refractivity contribution in [2.45, 2.75) is 13.0 Å². The first kappa shape index (κ1) is 27.3. The Morgan fingerprint density at radius 2 is 1.94 bits per heavy atom. The van der Waals surface area contributed by atoms with Gasteiger partial charge in [-0.1, -0.05) is 0 Å². The van der Waals surface area contributed by atoms with Crippen LogP contribution in [0.1, 0.15) is 24.1 Å². The molecule has 0 bridgehead atoms. The Hall–Kier alpha value is -3.98. The number of aliphatic imine (C=N–C) groups is 1. The number of carbonyl (C=O) groups excluding carboxylic acids is 1. The van der Waals surface area contributed by atoms with Crippen LogP contribution >= 0.6 is 11.8 Å². The van der Waals surface area contributed by atoms with Crippen LogP contribution in [0.2, 0.25) is 0 Å². The predicted octanol–water partition coefficient (Wildman–Crippen LogP) is 4.85. The van der Waals surface area contributed by atoms with Crippen molar-refractivity contribution in [1.29, 1.82) is 5.26 Å². The van der Waals surface area contributed by atoms with Crippen LogP contribution < -0.4 is 14.8 Å². The summed E-state index contributed by atoms with van der Waals surface area (Å²) in [6, 6.07) is 10.2. The Bertz CT molecular complexity index is 1100. The van der Waals surface area contributed by atoms with Gasteiger partial charge in [0, 0.05) is 17.3 Å². The number of ether oxygens (including phenoxy) is 4. The number of halogens is 1. The van der Waals surface area contributed by atoms with Gasteiger partial charge in [0.25, 0.3) is 0 Å². The lowest BCUT2D eigenvalue weighted by atomic mass is 10.0. The number of nitriles is 1. The molecule has 0 aliphatic carbocycles. The van der Waals surface area contributed by atoms with Crippen molar-refractivity contribution in [3.8, 4) is 17.6 Å². The van der Waals surface area contributed by atoms with Gasteiger partial charge in [0.05, 0.1) is 25.3 Å². The number of hydrogen-bond donors (Lipinski definition) is 2. The van der Waals surface area contributed by atoms with E-state index in [9.17, 15) is 9.59 Å². The van der Waals surface area contributed by atoms with Gasteiger partial charge in [-0.05, 0) is 43.5 Å². The number of hydrogen-bond acceptors (Lipinski definition) is 9. The van der Waals surface area contributed by atoms with Crippen molar-refractivity contribution in [2.24, 2.45) is 4.99 Å². The lowest BCUT2D eigenvalue weighted by molar-refractivity contribution is 0.0774. The van der Waals surface area contributed by atoms with Crippen molar-refractivity contribution in [3.05, 3.63) is 53.3 Å². The zero-order chi connectivity index (χ0) is 25.8. The Morgan fingerprint density at radius 3 is 2.51 bits per heavy atom. The normalized spacial score (nSPS) is 11.7. The highest BCUT2D eigenvalue weighted by Gasteiger charge is 2.26. The number of carbonyl (C=O) groups is 2. The molecule has 2 rings (SSSR count). The Kier molecular flexibility index (Phi) is 10.6. The number of nitrogens with zero attached hydrogens (tertiary/aromatic N) is 2. The molecule has 10 nitrogen and oxygen atoms in total. The molecule has 0 radical (unpaired) electrons. The van der Waals surface area contributed by atoms with Gasteiger partial charge in [-0.2, -0.15) is 10.3 Å². The van der Waals surface area contributed by atoms with Crippen molar-refractivity contribution in [1.82, 2.24) is 0 Å². The lowest BCUT2D eigenvalue weighted by Gasteiger charge is -2.23. The predicted molar refractivity (Wildman–Crippen MR) is 128 cm³/mol. The summed E-state index contributed by atoms with van der Waals surface area (Å²) in [5.41, 5.74) is 1.00. The second-order valence-electron chi connectivity index (χ2n) is 6.61. The molecule has 0 aliphatic heterocycles. The van der Waals surface area contributed by atoms with Crippen LogP contribution in [0.4, 0.5) is 19.7 Å². The Morgan fingerprint density at radius 1 is 1.23 bits per heavy atom. The average Bonchev–Trinajstić information content (AvgIpc) is 2.85. The molecule has 0 fully saturated rings. The summed E-state index contributed by atoms with van der Waals surface area (Å²) < 4.78 is 35.6. The summed E-state index contributed by atoms with van der Waals surface area (Å²) in [4.78, 5) is 26.6. The maximum Gasteiger partial charge on any atom is 0.505 e. The monoisotopic (exact) mass is 505 g/mol. The standard InChI is InChI=1S/C23H24FN3O7S/c1-4-32-22(28)27-21(35-3)20(26-15-7-5-14(13-25)6-8-15)17-11-16(31-2)12-18(19(17)24)33-9-10-34-23(29)30/h5-8,11-12,20,26H,4,9-10H2,1-3H3,(H,29,30). The number of carboxylic acid groups (broad SMARTS) is 1. The molecule has 0 aliphatic rings. The topological polar surface area (TPSA) is 139 Å². The molecule has 1 atom stereocenters. The Balaban J connectivity index is 2.53. The summed E-state index contributed by atoms with van der Waals surface area (Å²) in [6.07, 6.45) is -0.648. The van der Waals surface area contributed by atoms with E-state index in [1.165, 1.54) is 19.2 Å². The van der Waals surface area contributed by atoms with E-state index in [1.807, 2.05) is 6.07 Å². The first-order valence-corrected chi connectivity index (χ1v) is 11.5. The fourth-order valence-electron chi connectivity index (χ4n) is 2.86. The third kappa shape index (κ3) is 8.08. The first-order chi connectivity index (χ1) is 16.8. The number of methoxy groups -OCH3 is 1. The largest absolute Gasteiger partial charge is 0.505 e. The maximum atomic E-state index is 15.6. The van der Waals surface area contributed by atoms with E-state index in [4.69, 9.17) is 24.6 Å². The van der Waals surface area contributed by atoms with Gasteiger partial charge in [0.2, 0.25) is 0 Å². The van der Waals surface area contributed by atoms with Gasteiger partial charge in [0.1, 0.15) is 30.0 Å². The molecule has 35 heavy (non-hydrogen) atoms. The quantitative estimate of drug-likeness (QED) is 0.199.